The van der Waals surface area contributed by atoms with E-state index in [4.69, 9.17) is 14.2 Å². The molecular formula is C15H24N2O3. The Kier molecular flexibility index (Phi) is 5.49. The molecule has 0 bridgehead atoms. The summed E-state index contributed by atoms with van der Waals surface area (Å²) < 4.78 is 16.2. The number of methoxy groups -OCH3 is 3. The summed E-state index contributed by atoms with van der Waals surface area (Å²) in [5.74, 6) is 2.07. The molecular weight excluding hydrogens is 256 g/mol. The maximum Gasteiger partial charge on any atom is 0.203 e. The average Bonchev–Trinajstić information content (AvgIpc) is 2.52. The highest BCUT2D eigenvalue weighted by Gasteiger charge is 2.16. The molecule has 0 aromatic heterocycles. The molecule has 5 nitrogen and oxygen atoms in total. The molecule has 20 heavy (non-hydrogen) atoms. The number of piperidine rings is 1. The van der Waals surface area contributed by atoms with Crippen molar-refractivity contribution < 1.29 is 14.2 Å². The van der Waals surface area contributed by atoms with E-state index >= 15 is 0 Å². The van der Waals surface area contributed by atoms with Gasteiger partial charge >= 0.3 is 0 Å². The summed E-state index contributed by atoms with van der Waals surface area (Å²) in [6, 6.07) is 3.92. The minimum atomic E-state index is 0.646. The second-order valence-electron chi connectivity index (χ2n) is 4.88. The molecule has 0 atom stereocenters. The van der Waals surface area contributed by atoms with Crippen molar-refractivity contribution >= 4 is 0 Å². The number of nitrogens with zero attached hydrogens (tertiary/aromatic N) is 1. The van der Waals surface area contributed by atoms with E-state index in [1.807, 2.05) is 12.1 Å². The van der Waals surface area contributed by atoms with Gasteiger partial charge in [-0.05, 0) is 18.9 Å². The maximum absolute atomic E-state index is 5.49. The second kappa shape index (κ2) is 7.36. The summed E-state index contributed by atoms with van der Waals surface area (Å²) in [4.78, 5) is 0. The van der Waals surface area contributed by atoms with Gasteiger partial charge in [-0.2, -0.15) is 0 Å². The third-order valence-corrected chi connectivity index (χ3v) is 3.63. The Labute approximate surface area is 120 Å². The van der Waals surface area contributed by atoms with E-state index in [0.29, 0.717) is 11.5 Å². The zero-order valence-corrected chi connectivity index (χ0v) is 12.6. The summed E-state index contributed by atoms with van der Waals surface area (Å²) in [5, 5.41) is 2.28. The first-order valence-electron chi connectivity index (χ1n) is 7.06. The lowest BCUT2D eigenvalue weighted by molar-refractivity contribution is 0.150. The highest BCUT2D eigenvalue weighted by molar-refractivity contribution is 5.55. The number of ether oxygens (including phenoxy) is 3. The lowest BCUT2D eigenvalue weighted by Crippen LogP contribution is -2.41. The van der Waals surface area contributed by atoms with Crippen molar-refractivity contribution in [1.82, 2.24) is 10.4 Å². The summed E-state index contributed by atoms with van der Waals surface area (Å²) in [6.45, 7) is 2.94. The predicted molar refractivity (Wildman–Crippen MR) is 78.4 cm³/mol. The molecule has 1 heterocycles. The Morgan fingerprint density at radius 2 is 1.65 bits per heavy atom. The van der Waals surface area contributed by atoms with Gasteiger partial charge in [-0.15, -0.1) is 0 Å². The van der Waals surface area contributed by atoms with Gasteiger partial charge in [0.2, 0.25) is 5.75 Å². The topological polar surface area (TPSA) is 43.0 Å². The molecule has 0 saturated carbocycles. The SMILES string of the molecule is COc1ccc(CNN2CCCCC2)c(OC)c1OC. The van der Waals surface area contributed by atoms with E-state index in [2.05, 4.69) is 10.4 Å². The average molecular weight is 280 g/mol. The number of hydrogen-bond acceptors (Lipinski definition) is 5. The highest BCUT2D eigenvalue weighted by Crippen LogP contribution is 2.39. The van der Waals surface area contributed by atoms with Gasteiger partial charge in [0.1, 0.15) is 0 Å². The molecule has 2 rings (SSSR count). The zero-order valence-electron chi connectivity index (χ0n) is 12.6. The molecule has 0 spiro atoms. The summed E-state index contributed by atoms with van der Waals surface area (Å²) >= 11 is 0. The molecule has 1 N–H and O–H groups in total. The van der Waals surface area contributed by atoms with Gasteiger partial charge in [0.15, 0.2) is 11.5 Å². The van der Waals surface area contributed by atoms with Crippen molar-refractivity contribution in [1.29, 1.82) is 0 Å². The van der Waals surface area contributed by atoms with Crippen LogP contribution >= 0.6 is 0 Å². The van der Waals surface area contributed by atoms with Crippen LogP contribution in [0.15, 0.2) is 12.1 Å². The molecule has 1 aliphatic rings. The highest BCUT2D eigenvalue weighted by atomic mass is 16.5. The molecule has 1 saturated heterocycles. The van der Waals surface area contributed by atoms with Gasteiger partial charge in [-0.25, -0.2) is 5.01 Å². The fraction of sp³-hybridized carbons (Fsp3) is 0.600. The van der Waals surface area contributed by atoms with Gasteiger partial charge in [-0.3, -0.25) is 5.43 Å². The van der Waals surface area contributed by atoms with Crippen LogP contribution in [0.5, 0.6) is 17.2 Å². The van der Waals surface area contributed by atoms with Gasteiger partial charge in [0.25, 0.3) is 0 Å². The third-order valence-electron chi connectivity index (χ3n) is 3.63. The Morgan fingerprint density at radius 1 is 0.950 bits per heavy atom. The first-order chi connectivity index (χ1) is 9.80. The van der Waals surface area contributed by atoms with E-state index in [9.17, 15) is 0 Å². The second-order valence-corrected chi connectivity index (χ2v) is 4.88. The number of hydrogen-bond donors (Lipinski definition) is 1. The Bertz CT molecular complexity index is 431. The molecule has 1 fully saturated rings. The van der Waals surface area contributed by atoms with Crippen molar-refractivity contribution in [2.24, 2.45) is 0 Å². The van der Waals surface area contributed by atoms with Crippen molar-refractivity contribution in [2.45, 2.75) is 25.8 Å². The standard InChI is InChI=1S/C15H24N2O3/c1-18-13-8-7-12(14(19-2)15(13)20-3)11-16-17-9-5-4-6-10-17/h7-8,16H,4-6,9-11H2,1-3H3. The van der Waals surface area contributed by atoms with Crippen LogP contribution in [0, 0.1) is 0 Å². The van der Waals surface area contributed by atoms with Gasteiger partial charge < -0.3 is 14.2 Å². The number of rotatable bonds is 6. The van der Waals surface area contributed by atoms with E-state index in [0.717, 1.165) is 30.9 Å². The van der Waals surface area contributed by atoms with Crippen LogP contribution in [0.1, 0.15) is 24.8 Å². The molecule has 1 aromatic rings. The molecule has 5 heteroatoms. The van der Waals surface area contributed by atoms with Crippen molar-refractivity contribution in [2.75, 3.05) is 34.4 Å². The molecule has 1 aromatic carbocycles. The first kappa shape index (κ1) is 14.9. The molecule has 1 aliphatic heterocycles. The quantitative estimate of drug-likeness (QED) is 0.865. The van der Waals surface area contributed by atoms with Crippen molar-refractivity contribution in [3.8, 4) is 17.2 Å². The summed E-state index contributed by atoms with van der Waals surface area (Å²) in [5.41, 5.74) is 4.52. The lowest BCUT2D eigenvalue weighted by atomic mass is 10.1. The molecule has 0 aliphatic carbocycles. The fourth-order valence-electron chi connectivity index (χ4n) is 2.55. The van der Waals surface area contributed by atoms with Crippen molar-refractivity contribution in [3.05, 3.63) is 17.7 Å². The smallest absolute Gasteiger partial charge is 0.203 e. The number of benzene rings is 1. The Morgan fingerprint density at radius 3 is 2.25 bits per heavy atom. The van der Waals surface area contributed by atoms with Gasteiger partial charge in [0.05, 0.1) is 21.3 Å². The van der Waals surface area contributed by atoms with Crippen LogP contribution in [0.25, 0.3) is 0 Å². The van der Waals surface area contributed by atoms with Crippen LogP contribution in [0.2, 0.25) is 0 Å². The van der Waals surface area contributed by atoms with E-state index in [-0.39, 0.29) is 0 Å². The van der Waals surface area contributed by atoms with Crippen LogP contribution < -0.4 is 19.6 Å². The minimum Gasteiger partial charge on any atom is -0.493 e. The first-order valence-corrected chi connectivity index (χ1v) is 7.06. The Hall–Kier alpha value is -1.46. The molecule has 0 amide bonds. The summed E-state index contributed by atoms with van der Waals surface area (Å²) in [7, 11) is 4.91. The minimum absolute atomic E-state index is 0.646. The normalized spacial score (nSPS) is 15.9. The van der Waals surface area contributed by atoms with E-state index < -0.39 is 0 Å². The maximum atomic E-state index is 5.49. The monoisotopic (exact) mass is 280 g/mol. The number of hydrazine groups is 1. The van der Waals surface area contributed by atoms with Crippen LogP contribution in [0.4, 0.5) is 0 Å². The largest absolute Gasteiger partial charge is 0.493 e. The molecule has 112 valence electrons. The summed E-state index contributed by atoms with van der Waals surface area (Å²) in [6.07, 6.45) is 3.85. The predicted octanol–water partition coefficient (Wildman–Crippen LogP) is 2.20. The van der Waals surface area contributed by atoms with Gasteiger partial charge in [0, 0.05) is 25.2 Å². The van der Waals surface area contributed by atoms with Crippen LogP contribution in [-0.4, -0.2) is 39.4 Å². The molecule has 0 unspecified atom stereocenters. The van der Waals surface area contributed by atoms with E-state index in [1.54, 1.807) is 21.3 Å². The third kappa shape index (κ3) is 3.35. The zero-order chi connectivity index (χ0) is 14.4. The number of nitrogens with one attached hydrogen (secondary N) is 1. The fourth-order valence-corrected chi connectivity index (χ4v) is 2.55. The lowest BCUT2D eigenvalue weighted by Gasteiger charge is -2.27. The van der Waals surface area contributed by atoms with Crippen LogP contribution in [0.3, 0.4) is 0 Å². The van der Waals surface area contributed by atoms with Crippen molar-refractivity contribution in [3.63, 3.8) is 0 Å². The van der Waals surface area contributed by atoms with Gasteiger partial charge in [-0.1, -0.05) is 12.5 Å². The van der Waals surface area contributed by atoms with E-state index in [1.165, 1.54) is 19.3 Å². The van der Waals surface area contributed by atoms with Crippen LogP contribution in [-0.2, 0) is 6.54 Å². The molecule has 0 radical (unpaired) electrons. The Balaban J connectivity index is 2.10.